The Balaban J connectivity index is 2.28. The molecular weight excluding hydrogens is 238 g/mol. The van der Waals surface area contributed by atoms with E-state index in [4.69, 9.17) is 5.73 Å². The molecule has 1 aromatic carbocycles. The van der Waals surface area contributed by atoms with Crippen molar-refractivity contribution in [2.75, 3.05) is 18.1 Å². The third-order valence-electron chi connectivity index (χ3n) is 2.14. The lowest BCUT2D eigenvalue weighted by Crippen LogP contribution is -2.19. The van der Waals surface area contributed by atoms with Crippen molar-refractivity contribution in [2.45, 2.75) is 0 Å². The number of carbonyl (C=O) groups excluding carboxylic acids is 1. The Labute approximate surface area is 102 Å². The van der Waals surface area contributed by atoms with E-state index < -0.39 is 0 Å². The molecule has 1 amide bonds. The summed E-state index contributed by atoms with van der Waals surface area (Å²) in [5.41, 5.74) is 7.39. The van der Waals surface area contributed by atoms with Crippen LogP contribution in [0, 0.1) is 0 Å². The number of nitrogens with one attached hydrogen (secondary N) is 2. The minimum atomic E-state index is -0.282. The highest BCUT2D eigenvalue weighted by Crippen LogP contribution is 2.26. The molecule has 2 aromatic rings. The van der Waals surface area contributed by atoms with E-state index in [0.717, 1.165) is 17.2 Å². The number of nitrogens with zero attached hydrogens (tertiary/aromatic N) is 2. The first-order valence-corrected chi connectivity index (χ1v) is 5.65. The summed E-state index contributed by atoms with van der Waals surface area (Å²) in [4.78, 5) is 11.5. The van der Waals surface area contributed by atoms with E-state index in [-0.39, 0.29) is 11.6 Å². The molecule has 0 fully saturated rings. The topological polar surface area (TPSA) is 92.9 Å². The Bertz CT molecular complexity index is 539. The molecule has 88 valence electrons. The molecule has 0 bridgehead atoms. The Hall–Kier alpha value is -2.15. The van der Waals surface area contributed by atoms with Crippen LogP contribution in [-0.2, 0) is 0 Å². The van der Waals surface area contributed by atoms with Crippen molar-refractivity contribution in [1.29, 1.82) is 0 Å². The molecule has 0 saturated heterocycles. The molecule has 0 aliphatic rings. The van der Waals surface area contributed by atoms with Gasteiger partial charge in [-0.15, -0.1) is 5.10 Å². The van der Waals surface area contributed by atoms with E-state index in [1.807, 2.05) is 18.2 Å². The van der Waals surface area contributed by atoms with Crippen molar-refractivity contribution >= 4 is 33.8 Å². The van der Waals surface area contributed by atoms with Gasteiger partial charge in [0.2, 0.25) is 0 Å². The summed E-state index contributed by atoms with van der Waals surface area (Å²) < 4.78 is 3.74. The number of nitrogen functional groups attached to an aromatic ring is 1. The first-order chi connectivity index (χ1) is 8.22. The maximum absolute atomic E-state index is 11.5. The van der Waals surface area contributed by atoms with Gasteiger partial charge in [0.15, 0.2) is 5.69 Å². The molecular formula is C10H11N5OS. The number of rotatable bonds is 3. The molecule has 4 N–H and O–H groups in total. The van der Waals surface area contributed by atoms with Crippen LogP contribution in [0.5, 0.6) is 0 Å². The van der Waals surface area contributed by atoms with E-state index in [9.17, 15) is 4.79 Å². The predicted octanol–water partition coefficient (Wildman–Crippen LogP) is 1.22. The molecule has 0 spiro atoms. The van der Waals surface area contributed by atoms with Crippen molar-refractivity contribution in [3.63, 3.8) is 0 Å². The maximum Gasteiger partial charge on any atom is 0.274 e. The van der Waals surface area contributed by atoms with Crippen LogP contribution in [0.2, 0.25) is 0 Å². The zero-order valence-electron chi connectivity index (χ0n) is 9.10. The molecule has 0 saturated carbocycles. The van der Waals surface area contributed by atoms with Crippen LogP contribution in [0.25, 0.3) is 0 Å². The van der Waals surface area contributed by atoms with Gasteiger partial charge in [-0.3, -0.25) is 4.79 Å². The SMILES string of the molecule is CNC(=O)c1nnsc1Nc1ccccc1N. The van der Waals surface area contributed by atoms with Gasteiger partial charge in [0.25, 0.3) is 5.91 Å². The van der Waals surface area contributed by atoms with Crippen LogP contribution in [0.4, 0.5) is 16.4 Å². The van der Waals surface area contributed by atoms with Crippen LogP contribution in [0.1, 0.15) is 10.5 Å². The van der Waals surface area contributed by atoms with E-state index in [1.54, 1.807) is 13.1 Å². The third kappa shape index (κ3) is 2.34. The lowest BCUT2D eigenvalue weighted by Gasteiger charge is -2.07. The minimum Gasteiger partial charge on any atom is -0.397 e. The van der Waals surface area contributed by atoms with Crippen LogP contribution in [0.3, 0.4) is 0 Å². The molecule has 0 radical (unpaired) electrons. The number of hydrogen-bond donors (Lipinski definition) is 3. The highest BCUT2D eigenvalue weighted by atomic mass is 32.1. The fourth-order valence-corrected chi connectivity index (χ4v) is 1.85. The molecule has 0 aliphatic carbocycles. The number of aromatic nitrogens is 2. The second kappa shape index (κ2) is 4.79. The summed E-state index contributed by atoms with van der Waals surface area (Å²) >= 11 is 1.11. The molecule has 2 rings (SSSR count). The monoisotopic (exact) mass is 249 g/mol. The number of benzene rings is 1. The number of para-hydroxylation sites is 2. The van der Waals surface area contributed by atoms with Crippen molar-refractivity contribution < 1.29 is 4.79 Å². The maximum atomic E-state index is 11.5. The molecule has 0 aliphatic heterocycles. The normalized spacial score (nSPS) is 9.94. The fraction of sp³-hybridized carbons (Fsp3) is 0.100. The quantitative estimate of drug-likeness (QED) is 0.711. The van der Waals surface area contributed by atoms with Gasteiger partial charge in [0.05, 0.1) is 11.4 Å². The van der Waals surface area contributed by atoms with Gasteiger partial charge >= 0.3 is 0 Å². The highest BCUT2D eigenvalue weighted by molar-refractivity contribution is 7.10. The summed E-state index contributed by atoms with van der Waals surface area (Å²) in [6.07, 6.45) is 0. The van der Waals surface area contributed by atoms with Crippen LogP contribution >= 0.6 is 11.5 Å². The zero-order chi connectivity index (χ0) is 12.3. The lowest BCUT2D eigenvalue weighted by atomic mass is 10.2. The second-order valence-corrected chi connectivity index (χ2v) is 4.00. The molecule has 6 nitrogen and oxygen atoms in total. The van der Waals surface area contributed by atoms with Gasteiger partial charge in [-0.25, -0.2) is 0 Å². The van der Waals surface area contributed by atoms with Crippen LogP contribution < -0.4 is 16.4 Å². The van der Waals surface area contributed by atoms with Crippen LogP contribution in [-0.4, -0.2) is 22.5 Å². The van der Waals surface area contributed by atoms with Gasteiger partial charge in [-0.05, 0) is 12.1 Å². The Kier molecular flexibility index (Phi) is 3.20. The average Bonchev–Trinajstić information content (AvgIpc) is 2.79. The van der Waals surface area contributed by atoms with Crippen molar-refractivity contribution in [2.24, 2.45) is 0 Å². The van der Waals surface area contributed by atoms with Gasteiger partial charge in [0, 0.05) is 18.6 Å². The third-order valence-corrected chi connectivity index (χ3v) is 2.78. The summed E-state index contributed by atoms with van der Waals surface area (Å²) in [6.45, 7) is 0. The Morgan fingerprint density at radius 1 is 1.41 bits per heavy atom. The van der Waals surface area contributed by atoms with E-state index in [0.29, 0.717) is 10.7 Å². The van der Waals surface area contributed by atoms with E-state index in [2.05, 4.69) is 20.2 Å². The summed E-state index contributed by atoms with van der Waals surface area (Å²) in [7, 11) is 1.54. The number of amides is 1. The summed E-state index contributed by atoms with van der Waals surface area (Å²) in [5, 5.41) is 9.88. The molecule has 7 heteroatoms. The first-order valence-electron chi connectivity index (χ1n) is 4.88. The smallest absolute Gasteiger partial charge is 0.274 e. The highest BCUT2D eigenvalue weighted by Gasteiger charge is 2.15. The van der Waals surface area contributed by atoms with Gasteiger partial charge < -0.3 is 16.4 Å². The summed E-state index contributed by atoms with van der Waals surface area (Å²) in [5.74, 6) is -0.282. The largest absolute Gasteiger partial charge is 0.397 e. The van der Waals surface area contributed by atoms with Gasteiger partial charge in [-0.2, -0.15) is 0 Å². The number of anilines is 3. The molecule has 17 heavy (non-hydrogen) atoms. The Morgan fingerprint density at radius 2 is 2.18 bits per heavy atom. The van der Waals surface area contributed by atoms with Gasteiger partial charge in [0.1, 0.15) is 5.00 Å². The number of carbonyl (C=O) groups is 1. The zero-order valence-corrected chi connectivity index (χ0v) is 9.91. The molecule has 1 heterocycles. The molecule has 1 aromatic heterocycles. The standard InChI is InChI=1S/C10H11N5OS/c1-12-9(16)8-10(17-15-14-8)13-7-5-3-2-4-6(7)11/h2-5,13H,11H2,1H3,(H,12,16). The lowest BCUT2D eigenvalue weighted by molar-refractivity contribution is 0.0959. The second-order valence-electron chi connectivity index (χ2n) is 3.24. The fourth-order valence-electron chi connectivity index (χ4n) is 1.27. The Morgan fingerprint density at radius 3 is 2.88 bits per heavy atom. The minimum absolute atomic E-state index is 0.265. The first kappa shape index (κ1) is 11.3. The van der Waals surface area contributed by atoms with Gasteiger partial charge in [-0.1, -0.05) is 16.6 Å². The number of nitrogens with two attached hydrogens (primary N) is 1. The van der Waals surface area contributed by atoms with Crippen molar-refractivity contribution in [3.05, 3.63) is 30.0 Å². The average molecular weight is 249 g/mol. The van der Waals surface area contributed by atoms with E-state index in [1.165, 1.54) is 0 Å². The predicted molar refractivity (Wildman–Crippen MR) is 67.4 cm³/mol. The molecule has 0 atom stereocenters. The van der Waals surface area contributed by atoms with Crippen molar-refractivity contribution in [1.82, 2.24) is 14.9 Å². The molecule has 0 unspecified atom stereocenters. The summed E-state index contributed by atoms with van der Waals surface area (Å²) in [6, 6.07) is 7.29. The van der Waals surface area contributed by atoms with Crippen molar-refractivity contribution in [3.8, 4) is 0 Å². The van der Waals surface area contributed by atoms with E-state index >= 15 is 0 Å². The number of hydrogen-bond acceptors (Lipinski definition) is 6. The van der Waals surface area contributed by atoms with Crippen LogP contribution in [0.15, 0.2) is 24.3 Å².